The SMILES string of the molecule is CCCCn1c(N)c(N(CCC(C)C)C(=O)[C@H]2CC(=O)N(c3cccc(SC)c3)C2)c(=O)[nH]c1=O. The van der Waals surface area contributed by atoms with Gasteiger partial charge in [-0.05, 0) is 43.2 Å². The van der Waals surface area contributed by atoms with E-state index in [4.69, 9.17) is 5.73 Å². The number of rotatable bonds is 10. The molecule has 10 heteroatoms. The van der Waals surface area contributed by atoms with Crippen molar-refractivity contribution >= 4 is 40.8 Å². The standard InChI is InChI=1S/C25H35N5O4S/c1-5-6-11-29-22(26)21(23(32)27-25(29)34)28(12-10-16(2)3)24(33)17-13-20(31)30(15-17)18-8-7-9-19(14-18)35-4/h7-9,14,16-17H,5-6,10-13,15,26H2,1-4H3,(H,27,32,34)/t17-/m0/s1. The van der Waals surface area contributed by atoms with Crippen LogP contribution in [0.25, 0.3) is 0 Å². The van der Waals surface area contributed by atoms with Gasteiger partial charge in [0, 0.05) is 36.6 Å². The molecule has 0 bridgehead atoms. The van der Waals surface area contributed by atoms with Gasteiger partial charge in [-0.15, -0.1) is 11.8 Å². The van der Waals surface area contributed by atoms with Gasteiger partial charge in [0.2, 0.25) is 11.8 Å². The van der Waals surface area contributed by atoms with Crippen LogP contribution in [0.4, 0.5) is 17.2 Å². The molecule has 9 nitrogen and oxygen atoms in total. The van der Waals surface area contributed by atoms with E-state index in [1.807, 2.05) is 51.3 Å². The molecule has 1 fully saturated rings. The molecule has 1 atom stereocenters. The number of benzene rings is 1. The van der Waals surface area contributed by atoms with Crippen molar-refractivity contribution in [3.8, 4) is 0 Å². The summed E-state index contributed by atoms with van der Waals surface area (Å²) in [5, 5.41) is 0. The van der Waals surface area contributed by atoms with Crippen LogP contribution in [0.15, 0.2) is 38.8 Å². The quantitative estimate of drug-likeness (QED) is 0.483. The molecule has 1 aromatic heterocycles. The predicted octanol–water partition coefficient (Wildman–Crippen LogP) is 3.07. The lowest BCUT2D eigenvalue weighted by Crippen LogP contribution is -2.44. The number of carbonyl (C=O) groups is 2. The molecule has 2 heterocycles. The van der Waals surface area contributed by atoms with E-state index in [-0.39, 0.29) is 48.7 Å². The van der Waals surface area contributed by atoms with E-state index in [0.717, 1.165) is 17.0 Å². The lowest BCUT2D eigenvalue weighted by atomic mass is 10.0. The molecule has 1 aliphatic heterocycles. The number of thioether (sulfide) groups is 1. The summed E-state index contributed by atoms with van der Waals surface area (Å²) >= 11 is 1.58. The Balaban J connectivity index is 1.96. The fraction of sp³-hybridized carbons (Fsp3) is 0.520. The Morgan fingerprint density at radius 1 is 1.29 bits per heavy atom. The van der Waals surface area contributed by atoms with Gasteiger partial charge in [-0.3, -0.25) is 23.9 Å². The number of H-pyrrole nitrogens is 1. The molecule has 0 saturated carbocycles. The summed E-state index contributed by atoms with van der Waals surface area (Å²) in [7, 11) is 0. The zero-order chi connectivity index (χ0) is 25.7. The van der Waals surface area contributed by atoms with Crippen molar-refractivity contribution in [1.82, 2.24) is 9.55 Å². The molecule has 0 aliphatic carbocycles. The molecule has 0 radical (unpaired) electrons. The first-order valence-corrected chi connectivity index (χ1v) is 13.3. The monoisotopic (exact) mass is 501 g/mol. The summed E-state index contributed by atoms with van der Waals surface area (Å²) in [5.74, 6) is -0.839. The van der Waals surface area contributed by atoms with E-state index < -0.39 is 17.2 Å². The molecule has 35 heavy (non-hydrogen) atoms. The molecular weight excluding hydrogens is 466 g/mol. The molecule has 1 saturated heterocycles. The fourth-order valence-electron chi connectivity index (χ4n) is 4.22. The van der Waals surface area contributed by atoms with Crippen molar-refractivity contribution in [2.24, 2.45) is 11.8 Å². The second-order valence-corrected chi connectivity index (χ2v) is 10.2. The van der Waals surface area contributed by atoms with Gasteiger partial charge < -0.3 is 15.5 Å². The fourth-order valence-corrected chi connectivity index (χ4v) is 4.67. The predicted molar refractivity (Wildman–Crippen MR) is 141 cm³/mol. The number of nitrogens with two attached hydrogens (primary N) is 1. The van der Waals surface area contributed by atoms with E-state index >= 15 is 0 Å². The van der Waals surface area contributed by atoms with Crippen LogP contribution in [-0.2, 0) is 16.1 Å². The number of anilines is 3. The van der Waals surface area contributed by atoms with Gasteiger partial charge >= 0.3 is 5.69 Å². The van der Waals surface area contributed by atoms with Crippen LogP contribution in [0, 0.1) is 11.8 Å². The Labute approximate surface area is 209 Å². The summed E-state index contributed by atoms with van der Waals surface area (Å²) in [6.07, 6.45) is 4.20. The van der Waals surface area contributed by atoms with Gasteiger partial charge in [0.05, 0.1) is 5.92 Å². The van der Waals surface area contributed by atoms with Gasteiger partial charge in [-0.25, -0.2) is 4.79 Å². The summed E-state index contributed by atoms with van der Waals surface area (Å²) in [4.78, 5) is 58.3. The van der Waals surface area contributed by atoms with Gasteiger partial charge in [0.1, 0.15) is 5.82 Å². The highest BCUT2D eigenvalue weighted by Crippen LogP contribution is 2.30. The van der Waals surface area contributed by atoms with Crippen molar-refractivity contribution in [2.45, 2.75) is 57.9 Å². The highest BCUT2D eigenvalue weighted by Gasteiger charge is 2.39. The first-order chi connectivity index (χ1) is 16.7. The van der Waals surface area contributed by atoms with Crippen molar-refractivity contribution in [3.05, 3.63) is 45.1 Å². The minimum Gasteiger partial charge on any atom is -0.383 e. The molecule has 1 aromatic carbocycles. The highest BCUT2D eigenvalue weighted by atomic mass is 32.2. The maximum absolute atomic E-state index is 13.8. The van der Waals surface area contributed by atoms with Crippen LogP contribution in [0.5, 0.6) is 0 Å². The number of hydrogen-bond acceptors (Lipinski definition) is 6. The highest BCUT2D eigenvalue weighted by molar-refractivity contribution is 7.98. The number of nitrogens with one attached hydrogen (secondary N) is 1. The van der Waals surface area contributed by atoms with Crippen LogP contribution >= 0.6 is 11.8 Å². The summed E-state index contributed by atoms with van der Waals surface area (Å²) in [6.45, 7) is 6.88. The second-order valence-electron chi connectivity index (χ2n) is 9.28. The third kappa shape index (κ3) is 5.98. The van der Waals surface area contributed by atoms with Crippen molar-refractivity contribution in [3.63, 3.8) is 0 Å². The number of amides is 2. The number of carbonyl (C=O) groups excluding carboxylic acids is 2. The van der Waals surface area contributed by atoms with Crippen molar-refractivity contribution < 1.29 is 9.59 Å². The average Bonchev–Trinajstić information content (AvgIpc) is 3.22. The maximum Gasteiger partial charge on any atom is 0.330 e. The number of aromatic nitrogens is 2. The van der Waals surface area contributed by atoms with Crippen LogP contribution in [0.1, 0.15) is 46.5 Å². The Morgan fingerprint density at radius 3 is 2.69 bits per heavy atom. The number of hydrogen-bond donors (Lipinski definition) is 2. The Hall–Kier alpha value is -3.01. The molecule has 0 unspecified atom stereocenters. The van der Waals surface area contributed by atoms with Crippen LogP contribution < -0.4 is 26.8 Å². The molecule has 0 spiro atoms. The Bertz CT molecular complexity index is 1190. The van der Waals surface area contributed by atoms with Crippen LogP contribution in [-0.4, -0.2) is 40.7 Å². The third-order valence-electron chi connectivity index (χ3n) is 6.25. The molecular formula is C25H35N5O4S. The van der Waals surface area contributed by atoms with E-state index in [0.29, 0.717) is 19.4 Å². The smallest absolute Gasteiger partial charge is 0.330 e. The van der Waals surface area contributed by atoms with Crippen LogP contribution in [0.2, 0.25) is 0 Å². The largest absolute Gasteiger partial charge is 0.383 e. The van der Waals surface area contributed by atoms with Gasteiger partial charge in [-0.2, -0.15) is 0 Å². The lowest BCUT2D eigenvalue weighted by molar-refractivity contribution is -0.124. The van der Waals surface area contributed by atoms with Crippen LogP contribution in [0.3, 0.4) is 0 Å². The summed E-state index contributed by atoms with van der Waals surface area (Å²) in [5.41, 5.74) is 5.78. The minimum absolute atomic E-state index is 0.0124. The lowest BCUT2D eigenvalue weighted by Gasteiger charge is -2.27. The molecule has 2 aromatic rings. The van der Waals surface area contributed by atoms with Crippen molar-refractivity contribution in [2.75, 3.05) is 34.9 Å². The zero-order valence-corrected chi connectivity index (χ0v) is 21.7. The zero-order valence-electron chi connectivity index (χ0n) is 20.9. The minimum atomic E-state index is -0.689. The Morgan fingerprint density at radius 2 is 2.03 bits per heavy atom. The van der Waals surface area contributed by atoms with E-state index in [9.17, 15) is 19.2 Å². The van der Waals surface area contributed by atoms with E-state index in [1.165, 1.54) is 9.47 Å². The van der Waals surface area contributed by atoms with Crippen molar-refractivity contribution in [1.29, 1.82) is 0 Å². The maximum atomic E-state index is 13.8. The number of unbranched alkanes of at least 4 members (excludes halogenated alkanes) is 1. The Kier molecular flexibility index (Phi) is 8.82. The first kappa shape index (κ1) is 26.6. The number of nitrogens with zero attached hydrogens (tertiary/aromatic N) is 3. The molecule has 190 valence electrons. The molecule has 3 N–H and O–H groups in total. The average molecular weight is 502 g/mol. The van der Waals surface area contributed by atoms with Gasteiger partial charge in [0.25, 0.3) is 5.56 Å². The van der Waals surface area contributed by atoms with Gasteiger partial charge in [0.15, 0.2) is 5.69 Å². The summed E-state index contributed by atoms with van der Waals surface area (Å²) < 4.78 is 1.32. The van der Waals surface area contributed by atoms with E-state index in [2.05, 4.69) is 4.98 Å². The molecule has 3 rings (SSSR count). The first-order valence-electron chi connectivity index (χ1n) is 12.1. The molecule has 1 aliphatic rings. The second kappa shape index (κ2) is 11.6. The normalized spacial score (nSPS) is 15.7. The van der Waals surface area contributed by atoms with Gasteiger partial charge in [-0.1, -0.05) is 33.3 Å². The number of aromatic amines is 1. The topological polar surface area (TPSA) is 121 Å². The number of nitrogen functional groups attached to an aromatic ring is 1. The molecule has 2 amide bonds. The summed E-state index contributed by atoms with van der Waals surface area (Å²) in [6, 6.07) is 7.64. The third-order valence-corrected chi connectivity index (χ3v) is 6.98. The van der Waals surface area contributed by atoms with E-state index in [1.54, 1.807) is 16.7 Å².